The van der Waals surface area contributed by atoms with Gasteiger partial charge >= 0.3 is 0 Å². The first-order valence-electron chi connectivity index (χ1n) is 13.4. The number of hydrogen-bond acceptors (Lipinski definition) is 4. The number of aryl methyl sites for hydroxylation is 1. The van der Waals surface area contributed by atoms with Gasteiger partial charge in [0.15, 0.2) is 0 Å². The molecule has 3 unspecified atom stereocenters. The lowest BCUT2D eigenvalue weighted by Crippen LogP contribution is -2.37. The van der Waals surface area contributed by atoms with Crippen LogP contribution in [-0.4, -0.2) is 48.9 Å². The number of carbonyl (C=O) groups is 2. The van der Waals surface area contributed by atoms with Crippen molar-refractivity contribution in [1.82, 2.24) is 15.5 Å². The molecule has 1 saturated heterocycles. The van der Waals surface area contributed by atoms with Gasteiger partial charge in [0, 0.05) is 38.1 Å². The molecule has 0 spiro atoms. The quantitative estimate of drug-likeness (QED) is 0.283. The second-order valence-corrected chi connectivity index (χ2v) is 10.2. The molecule has 1 aliphatic rings. The highest BCUT2D eigenvalue weighted by molar-refractivity contribution is 5.76. The zero-order valence-corrected chi connectivity index (χ0v) is 22.4. The lowest BCUT2D eigenvalue weighted by molar-refractivity contribution is -0.122. The van der Waals surface area contributed by atoms with E-state index in [1.807, 2.05) is 37.3 Å². The molecular formula is C30H46N4O2. The summed E-state index contributed by atoms with van der Waals surface area (Å²) in [6, 6.07) is 21.5. The van der Waals surface area contributed by atoms with Crippen molar-refractivity contribution >= 4 is 12.3 Å². The van der Waals surface area contributed by atoms with Gasteiger partial charge in [-0.05, 0) is 56.1 Å². The molecule has 2 amide bonds. The highest BCUT2D eigenvalue weighted by atomic mass is 16.1. The minimum Gasteiger partial charge on any atom is -0.359 e. The number of amides is 2. The van der Waals surface area contributed by atoms with Gasteiger partial charge in [-0.25, -0.2) is 0 Å². The van der Waals surface area contributed by atoms with Crippen LogP contribution in [0.1, 0.15) is 70.0 Å². The molecule has 1 heterocycles. The van der Waals surface area contributed by atoms with Crippen LogP contribution in [0.3, 0.4) is 0 Å². The van der Waals surface area contributed by atoms with E-state index in [-0.39, 0.29) is 11.9 Å². The first-order valence-corrected chi connectivity index (χ1v) is 13.4. The molecule has 0 aliphatic carbocycles. The van der Waals surface area contributed by atoms with Gasteiger partial charge in [0.1, 0.15) is 0 Å². The molecule has 6 heteroatoms. The Bertz CT molecular complexity index is 860. The van der Waals surface area contributed by atoms with Crippen LogP contribution in [0.2, 0.25) is 0 Å². The molecule has 4 N–H and O–H groups in total. The molecule has 1 fully saturated rings. The van der Waals surface area contributed by atoms with Gasteiger partial charge in [0.2, 0.25) is 12.3 Å². The van der Waals surface area contributed by atoms with E-state index in [1.165, 1.54) is 5.56 Å². The topological polar surface area (TPSA) is 87.5 Å². The van der Waals surface area contributed by atoms with Gasteiger partial charge in [-0.3, -0.25) is 14.5 Å². The fourth-order valence-electron chi connectivity index (χ4n) is 4.50. The van der Waals surface area contributed by atoms with Gasteiger partial charge in [0.25, 0.3) is 0 Å². The Balaban J connectivity index is 0.000000261. The van der Waals surface area contributed by atoms with E-state index in [0.29, 0.717) is 24.4 Å². The number of hydrogen-bond donors (Lipinski definition) is 3. The Kier molecular flexibility index (Phi) is 13.8. The summed E-state index contributed by atoms with van der Waals surface area (Å²) >= 11 is 0. The van der Waals surface area contributed by atoms with E-state index < -0.39 is 0 Å². The molecule has 0 saturated carbocycles. The molecule has 198 valence electrons. The first kappa shape index (κ1) is 29.5. The average molecular weight is 495 g/mol. The van der Waals surface area contributed by atoms with Gasteiger partial charge in [-0.15, -0.1) is 0 Å². The minimum absolute atomic E-state index is 0.0980. The lowest BCUT2D eigenvalue weighted by atomic mass is 10.0. The lowest BCUT2D eigenvalue weighted by Gasteiger charge is -2.28. The van der Waals surface area contributed by atoms with E-state index in [4.69, 9.17) is 5.73 Å². The molecule has 3 rings (SSSR count). The highest BCUT2D eigenvalue weighted by Crippen LogP contribution is 2.18. The third kappa shape index (κ3) is 11.8. The average Bonchev–Trinajstić information content (AvgIpc) is 3.32. The fourth-order valence-corrected chi connectivity index (χ4v) is 4.50. The molecule has 3 atom stereocenters. The number of rotatable bonds is 13. The van der Waals surface area contributed by atoms with Gasteiger partial charge in [-0.2, -0.15) is 0 Å². The van der Waals surface area contributed by atoms with E-state index in [2.05, 4.69) is 59.7 Å². The summed E-state index contributed by atoms with van der Waals surface area (Å²) in [4.78, 5) is 24.5. The highest BCUT2D eigenvalue weighted by Gasteiger charge is 2.25. The minimum atomic E-state index is 0.0980. The second-order valence-electron chi connectivity index (χ2n) is 10.2. The van der Waals surface area contributed by atoms with Crippen molar-refractivity contribution < 1.29 is 9.59 Å². The van der Waals surface area contributed by atoms with E-state index in [1.54, 1.807) is 0 Å². The van der Waals surface area contributed by atoms with Crippen LogP contribution in [-0.2, 0) is 16.0 Å². The molecule has 2 aromatic carbocycles. The van der Waals surface area contributed by atoms with Crippen molar-refractivity contribution in [2.75, 3.05) is 19.6 Å². The van der Waals surface area contributed by atoms with Crippen LogP contribution in [0.15, 0.2) is 60.7 Å². The Labute approximate surface area is 218 Å². The first-order chi connectivity index (χ1) is 17.4. The fraction of sp³-hybridized carbons (Fsp3) is 0.533. The molecule has 0 aromatic heterocycles. The van der Waals surface area contributed by atoms with Crippen LogP contribution >= 0.6 is 0 Å². The third-order valence-corrected chi connectivity index (χ3v) is 6.71. The maximum absolute atomic E-state index is 11.6. The molecule has 2 aromatic rings. The van der Waals surface area contributed by atoms with Crippen LogP contribution < -0.4 is 16.4 Å². The molecular weight excluding hydrogens is 448 g/mol. The summed E-state index contributed by atoms with van der Waals surface area (Å²) in [5, 5.41) is 5.79. The van der Waals surface area contributed by atoms with Crippen molar-refractivity contribution in [3.05, 3.63) is 71.8 Å². The molecule has 36 heavy (non-hydrogen) atoms. The third-order valence-electron chi connectivity index (χ3n) is 6.71. The van der Waals surface area contributed by atoms with E-state index in [0.717, 1.165) is 63.7 Å². The predicted octanol–water partition coefficient (Wildman–Crippen LogP) is 4.46. The summed E-state index contributed by atoms with van der Waals surface area (Å²) in [7, 11) is 0. The molecule has 6 nitrogen and oxygen atoms in total. The van der Waals surface area contributed by atoms with Gasteiger partial charge in [0.05, 0.1) is 6.04 Å². The second kappa shape index (κ2) is 16.9. The van der Waals surface area contributed by atoms with Crippen molar-refractivity contribution in [1.29, 1.82) is 0 Å². The zero-order chi connectivity index (χ0) is 26.2. The summed E-state index contributed by atoms with van der Waals surface area (Å²) in [5.74, 6) is 0.725. The molecule has 1 aliphatic heterocycles. The maximum Gasteiger partial charge on any atom is 0.220 e. The summed E-state index contributed by atoms with van der Waals surface area (Å²) < 4.78 is 0. The Hall–Kier alpha value is -2.70. The Morgan fingerprint density at radius 2 is 1.69 bits per heavy atom. The van der Waals surface area contributed by atoms with Crippen molar-refractivity contribution in [2.45, 2.75) is 77.4 Å². The van der Waals surface area contributed by atoms with Crippen LogP contribution in [0.5, 0.6) is 0 Å². The van der Waals surface area contributed by atoms with Gasteiger partial charge in [-0.1, -0.05) is 74.5 Å². The standard InChI is InChI=1S/C16H25N3O.C14H21NO/c17-15-9-11-19(12-15)16(8-10-18-13-20)7-6-14-4-2-1-3-5-14;1-11(2)9-10-14(16)15-12(3)13-7-5-4-6-8-13/h1-5,13,15-16H,6-12,17H2,(H,18,20);4-8,11-12H,9-10H2,1-3H3,(H,15,16). The van der Waals surface area contributed by atoms with E-state index >= 15 is 0 Å². The number of likely N-dealkylation sites (tertiary alicyclic amines) is 1. The van der Waals surface area contributed by atoms with Crippen LogP contribution in [0.25, 0.3) is 0 Å². The zero-order valence-electron chi connectivity index (χ0n) is 22.4. The summed E-state index contributed by atoms with van der Waals surface area (Å²) in [6.07, 6.45) is 6.64. The largest absolute Gasteiger partial charge is 0.359 e. The smallest absolute Gasteiger partial charge is 0.220 e. The number of nitrogens with one attached hydrogen (secondary N) is 2. The number of nitrogens with two attached hydrogens (primary N) is 1. The number of nitrogens with zero attached hydrogens (tertiary/aromatic N) is 1. The van der Waals surface area contributed by atoms with Crippen molar-refractivity contribution in [3.63, 3.8) is 0 Å². The normalized spacial score (nSPS) is 17.1. The maximum atomic E-state index is 11.6. The van der Waals surface area contributed by atoms with E-state index in [9.17, 15) is 9.59 Å². The number of carbonyl (C=O) groups excluding carboxylic acids is 2. The number of benzene rings is 2. The van der Waals surface area contributed by atoms with Crippen molar-refractivity contribution in [3.8, 4) is 0 Å². The summed E-state index contributed by atoms with van der Waals surface area (Å²) in [6.45, 7) is 9.10. The van der Waals surface area contributed by atoms with Crippen molar-refractivity contribution in [2.24, 2.45) is 11.7 Å². The predicted molar refractivity (Wildman–Crippen MR) is 148 cm³/mol. The molecule has 0 radical (unpaired) electrons. The van der Waals surface area contributed by atoms with Crippen LogP contribution in [0.4, 0.5) is 0 Å². The van der Waals surface area contributed by atoms with Gasteiger partial charge < -0.3 is 16.4 Å². The monoisotopic (exact) mass is 494 g/mol. The summed E-state index contributed by atoms with van der Waals surface area (Å²) in [5.41, 5.74) is 8.54. The van der Waals surface area contributed by atoms with Crippen LogP contribution in [0, 0.1) is 5.92 Å². The Morgan fingerprint density at radius 3 is 2.28 bits per heavy atom. The molecule has 0 bridgehead atoms. The SMILES string of the molecule is CC(C)CCC(=O)NC(C)c1ccccc1.NC1CCN(C(CCNC=O)CCc2ccccc2)C1. The Morgan fingerprint density at radius 1 is 1.03 bits per heavy atom.